The molecule has 0 aliphatic heterocycles. The molecule has 0 N–H and O–H groups in total. The number of anilines is 1. The SMILES string of the molecule is CCOC(=O)Oc1c(C(=O)N(C(=O)OCC)c2ccccc2)c(=O)n(C)c2ccc(SC)cc12. The van der Waals surface area contributed by atoms with Crippen molar-refractivity contribution in [3.05, 3.63) is 64.4 Å². The third-order valence-corrected chi connectivity index (χ3v) is 5.61. The van der Waals surface area contributed by atoms with Crippen molar-refractivity contribution in [2.24, 2.45) is 7.05 Å². The molecule has 34 heavy (non-hydrogen) atoms. The zero-order valence-corrected chi connectivity index (χ0v) is 20.0. The lowest BCUT2D eigenvalue weighted by Gasteiger charge is -2.22. The normalized spacial score (nSPS) is 10.6. The minimum Gasteiger partial charge on any atom is -0.449 e. The number of benzene rings is 2. The summed E-state index contributed by atoms with van der Waals surface area (Å²) in [5.74, 6) is -1.29. The number of pyridine rings is 1. The highest BCUT2D eigenvalue weighted by atomic mass is 32.2. The largest absolute Gasteiger partial charge is 0.513 e. The lowest BCUT2D eigenvalue weighted by Crippen LogP contribution is -2.41. The molecule has 0 radical (unpaired) electrons. The zero-order chi connectivity index (χ0) is 24.8. The van der Waals surface area contributed by atoms with E-state index in [1.807, 2.05) is 6.26 Å². The van der Waals surface area contributed by atoms with Crippen LogP contribution in [0.3, 0.4) is 0 Å². The molecule has 0 fully saturated rings. The molecule has 3 aromatic rings. The van der Waals surface area contributed by atoms with Gasteiger partial charge in [-0.1, -0.05) is 18.2 Å². The summed E-state index contributed by atoms with van der Waals surface area (Å²) in [6.45, 7) is 3.23. The fraction of sp³-hybridized carbons (Fsp3) is 0.250. The van der Waals surface area contributed by atoms with Gasteiger partial charge >= 0.3 is 12.2 Å². The Morgan fingerprint density at radius 1 is 1.00 bits per heavy atom. The van der Waals surface area contributed by atoms with Gasteiger partial charge in [-0.25, -0.2) is 14.5 Å². The van der Waals surface area contributed by atoms with Crippen LogP contribution in [0.15, 0.2) is 58.2 Å². The van der Waals surface area contributed by atoms with Crippen molar-refractivity contribution in [2.45, 2.75) is 18.7 Å². The zero-order valence-electron chi connectivity index (χ0n) is 19.2. The standard InChI is InChI=1S/C24H24N2O7S/c1-5-31-23(29)26(15-10-8-7-9-11-15)22(28)19-20(33-24(30)32-6-2)17-14-16(34-4)12-13-18(17)25(3)21(19)27/h7-14H,5-6H2,1-4H3. The number of nitrogens with zero attached hydrogens (tertiary/aromatic N) is 2. The number of rotatable bonds is 6. The quantitative estimate of drug-likeness (QED) is 0.369. The second-order valence-corrected chi connectivity index (χ2v) is 7.79. The van der Waals surface area contributed by atoms with Crippen LogP contribution in [0.2, 0.25) is 0 Å². The highest BCUT2D eigenvalue weighted by Crippen LogP contribution is 2.32. The summed E-state index contributed by atoms with van der Waals surface area (Å²) in [4.78, 5) is 53.8. The van der Waals surface area contributed by atoms with Crippen molar-refractivity contribution in [2.75, 3.05) is 24.4 Å². The van der Waals surface area contributed by atoms with Crippen LogP contribution >= 0.6 is 11.8 Å². The van der Waals surface area contributed by atoms with Crippen LogP contribution in [0.5, 0.6) is 5.75 Å². The van der Waals surface area contributed by atoms with Gasteiger partial charge in [-0.15, -0.1) is 11.8 Å². The van der Waals surface area contributed by atoms with Crippen LogP contribution in [0, 0.1) is 0 Å². The van der Waals surface area contributed by atoms with Gasteiger partial charge < -0.3 is 18.8 Å². The summed E-state index contributed by atoms with van der Waals surface area (Å²) in [6, 6.07) is 13.2. The molecule has 1 aromatic heterocycles. The number of aryl methyl sites for hydroxylation is 1. The number of hydrogen-bond donors (Lipinski definition) is 0. The molecule has 2 aromatic carbocycles. The molecule has 0 atom stereocenters. The third kappa shape index (κ3) is 4.91. The van der Waals surface area contributed by atoms with Crippen LogP contribution in [0.4, 0.5) is 15.3 Å². The number of thioether (sulfide) groups is 1. The number of aromatic nitrogens is 1. The first kappa shape index (κ1) is 24.8. The van der Waals surface area contributed by atoms with Gasteiger partial charge in [-0.2, -0.15) is 0 Å². The molecule has 0 aliphatic rings. The van der Waals surface area contributed by atoms with E-state index in [2.05, 4.69) is 0 Å². The van der Waals surface area contributed by atoms with Crippen molar-refractivity contribution in [3.63, 3.8) is 0 Å². The summed E-state index contributed by atoms with van der Waals surface area (Å²) < 4.78 is 16.6. The number of carbonyl (C=O) groups excluding carboxylic acids is 3. The lowest BCUT2D eigenvalue weighted by molar-refractivity contribution is 0.0952. The molecule has 3 rings (SSSR count). The minimum atomic E-state index is -1.08. The van der Waals surface area contributed by atoms with Crippen LogP contribution in [-0.4, -0.2) is 42.2 Å². The highest BCUT2D eigenvalue weighted by molar-refractivity contribution is 7.98. The van der Waals surface area contributed by atoms with Gasteiger partial charge in [-0.05, 0) is 50.4 Å². The Kier molecular flexibility index (Phi) is 7.95. The first-order chi connectivity index (χ1) is 16.3. The Hall–Kier alpha value is -3.79. The van der Waals surface area contributed by atoms with Crippen LogP contribution < -0.4 is 15.2 Å². The predicted octanol–water partition coefficient (Wildman–Crippen LogP) is 4.60. The molecule has 9 nitrogen and oxygen atoms in total. The number of para-hydroxylation sites is 1. The van der Waals surface area contributed by atoms with Gasteiger partial charge in [0.2, 0.25) is 0 Å². The molecule has 0 saturated heterocycles. The van der Waals surface area contributed by atoms with Gasteiger partial charge in [0.1, 0.15) is 5.56 Å². The molecule has 0 saturated carbocycles. The molecule has 0 unspecified atom stereocenters. The molecule has 178 valence electrons. The minimum absolute atomic E-state index is 0.00838. The van der Waals surface area contributed by atoms with E-state index >= 15 is 0 Å². The lowest BCUT2D eigenvalue weighted by atomic mass is 10.1. The fourth-order valence-electron chi connectivity index (χ4n) is 3.33. The van der Waals surface area contributed by atoms with Crippen molar-refractivity contribution < 1.29 is 28.6 Å². The van der Waals surface area contributed by atoms with Crippen LogP contribution in [-0.2, 0) is 16.5 Å². The van der Waals surface area contributed by atoms with Gasteiger partial charge in [0.15, 0.2) is 5.75 Å². The van der Waals surface area contributed by atoms with E-state index < -0.39 is 29.3 Å². The summed E-state index contributed by atoms with van der Waals surface area (Å²) in [5, 5.41) is 0.335. The summed E-state index contributed by atoms with van der Waals surface area (Å²) >= 11 is 1.43. The van der Waals surface area contributed by atoms with Crippen molar-refractivity contribution in [1.82, 2.24) is 4.57 Å². The molecule has 2 amide bonds. The number of hydrogen-bond acceptors (Lipinski definition) is 8. The summed E-state index contributed by atoms with van der Waals surface area (Å²) in [7, 11) is 1.49. The van der Waals surface area contributed by atoms with Gasteiger partial charge in [0.25, 0.3) is 11.5 Å². The molecule has 0 aliphatic carbocycles. The monoisotopic (exact) mass is 484 g/mol. The maximum Gasteiger partial charge on any atom is 0.513 e. The molecule has 10 heteroatoms. The van der Waals surface area contributed by atoms with E-state index in [-0.39, 0.29) is 24.7 Å². The first-order valence-corrected chi connectivity index (χ1v) is 11.7. The van der Waals surface area contributed by atoms with E-state index in [1.54, 1.807) is 50.2 Å². The summed E-state index contributed by atoms with van der Waals surface area (Å²) in [5.41, 5.74) is -0.633. The smallest absolute Gasteiger partial charge is 0.449 e. The van der Waals surface area contributed by atoms with Crippen molar-refractivity contribution in [1.29, 1.82) is 0 Å². The van der Waals surface area contributed by atoms with E-state index in [4.69, 9.17) is 14.2 Å². The molecule has 0 bridgehead atoms. The van der Waals surface area contributed by atoms with Gasteiger partial charge in [0, 0.05) is 17.3 Å². The Bertz CT molecular complexity index is 1290. The first-order valence-electron chi connectivity index (χ1n) is 10.5. The van der Waals surface area contributed by atoms with Crippen molar-refractivity contribution >= 4 is 46.5 Å². The van der Waals surface area contributed by atoms with E-state index in [0.29, 0.717) is 10.9 Å². The maximum atomic E-state index is 13.8. The van der Waals surface area contributed by atoms with Gasteiger partial charge in [0.05, 0.1) is 24.4 Å². The fourth-order valence-corrected chi connectivity index (χ4v) is 3.77. The number of ether oxygens (including phenoxy) is 3. The van der Waals surface area contributed by atoms with Crippen LogP contribution in [0.1, 0.15) is 24.2 Å². The molecular weight excluding hydrogens is 460 g/mol. The van der Waals surface area contributed by atoms with Gasteiger partial charge in [-0.3, -0.25) is 9.59 Å². The third-order valence-electron chi connectivity index (χ3n) is 4.88. The topological polar surface area (TPSA) is 104 Å². The Labute approximate surface area is 200 Å². The Morgan fingerprint density at radius 3 is 2.29 bits per heavy atom. The summed E-state index contributed by atoms with van der Waals surface area (Å²) in [6.07, 6.45) is -0.192. The van der Waals surface area contributed by atoms with Crippen molar-refractivity contribution in [3.8, 4) is 5.75 Å². The number of imide groups is 1. The predicted molar refractivity (Wildman–Crippen MR) is 129 cm³/mol. The Balaban J connectivity index is 2.33. The Morgan fingerprint density at radius 2 is 1.68 bits per heavy atom. The van der Waals surface area contributed by atoms with E-state index in [1.165, 1.54) is 35.5 Å². The highest BCUT2D eigenvalue weighted by Gasteiger charge is 2.33. The molecule has 0 spiro atoms. The van der Waals surface area contributed by atoms with Crippen LogP contribution in [0.25, 0.3) is 10.9 Å². The maximum absolute atomic E-state index is 13.8. The second-order valence-electron chi connectivity index (χ2n) is 6.91. The van der Waals surface area contributed by atoms with E-state index in [0.717, 1.165) is 9.80 Å². The second kappa shape index (κ2) is 10.9. The number of carbonyl (C=O) groups is 3. The average molecular weight is 485 g/mol. The molecular formula is C24H24N2O7S. The average Bonchev–Trinajstić information content (AvgIpc) is 2.83. The molecule has 1 heterocycles. The number of fused-ring (bicyclic) bond motifs is 1. The number of amides is 2. The van der Waals surface area contributed by atoms with E-state index in [9.17, 15) is 19.2 Å².